The summed E-state index contributed by atoms with van der Waals surface area (Å²) in [6, 6.07) is 0. The fraction of sp³-hybridized carbons (Fsp3) is 0.943. The molecule has 0 unspecified atom stereocenters. The van der Waals surface area contributed by atoms with E-state index in [1.54, 1.807) is 0 Å². The highest BCUT2D eigenvalue weighted by atomic mass is 16.6. The van der Waals surface area contributed by atoms with Gasteiger partial charge < -0.3 is 14.2 Å². The van der Waals surface area contributed by atoms with E-state index in [2.05, 4.69) is 20.8 Å². The van der Waals surface area contributed by atoms with Crippen LogP contribution in [0.5, 0.6) is 0 Å². The zero-order valence-electron chi connectivity index (χ0n) is 40.1. The molecular weight excluding hydrogens is 733 g/mol. The summed E-state index contributed by atoms with van der Waals surface area (Å²) in [5.41, 5.74) is 0. The number of hydrogen-bond donors (Lipinski definition) is 0. The third kappa shape index (κ3) is 47.3. The topological polar surface area (TPSA) is 78.9 Å². The maximum absolute atomic E-state index is 12.7. The van der Waals surface area contributed by atoms with Gasteiger partial charge in [0.1, 0.15) is 13.2 Å². The minimum Gasteiger partial charge on any atom is -0.462 e. The zero-order chi connectivity index (χ0) is 43.0. The molecule has 0 fully saturated rings. The Labute approximate surface area is 368 Å². The molecule has 0 N–H and O–H groups in total. The van der Waals surface area contributed by atoms with E-state index in [0.29, 0.717) is 19.3 Å². The average Bonchev–Trinajstić information content (AvgIpc) is 3.23. The molecule has 0 saturated carbocycles. The van der Waals surface area contributed by atoms with Gasteiger partial charge in [0.2, 0.25) is 0 Å². The molecule has 0 rings (SSSR count). The van der Waals surface area contributed by atoms with Crippen LogP contribution in [-0.2, 0) is 28.6 Å². The Morgan fingerprint density at radius 2 is 0.458 bits per heavy atom. The Morgan fingerprint density at radius 3 is 0.678 bits per heavy atom. The Morgan fingerprint density at radius 1 is 0.271 bits per heavy atom. The van der Waals surface area contributed by atoms with E-state index in [4.69, 9.17) is 14.2 Å². The van der Waals surface area contributed by atoms with Crippen LogP contribution in [0, 0.1) is 0 Å². The Kier molecular flexibility index (Phi) is 47.7. The molecule has 0 aromatic heterocycles. The fourth-order valence-electron chi connectivity index (χ4n) is 8.09. The van der Waals surface area contributed by atoms with E-state index in [9.17, 15) is 14.4 Å². The van der Waals surface area contributed by atoms with Crippen LogP contribution in [0.1, 0.15) is 303 Å². The first-order valence-electron chi connectivity index (χ1n) is 26.5. The van der Waals surface area contributed by atoms with Gasteiger partial charge in [-0.25, -0.2) is 0 Å². The van der Waals surface area contributed by atoms with E-state index in [0.717, 1.165) is 57.8 Å². The largest absolute Gasteiger partial charge is 0.462 e. The Bertz CT molecular complexity index is 874. The lowest BCUT2D eigenvalue weighted by Crippen LogP contribution is -2.30. The van der Waals surface area contributed by atoms with Crippen molar-refractivity contribution in [1.82, 2.24) is 0 Å². The molecule has 59 heavy (non-hydrogen) atoms. The van der Waals surface area contributed by atoms with Gasteiger partial charge in [0, 0.05) is 19.3 Å². The van der Waals surface area contributed by atoms with Crippen LogP contribution in [0.25, 0.3) is 0 Å². The van der Waals surface area contributed by atoms with Crippen LogP contribution in [-0.4, -0.2) is 37.2 Å². The van der Waals surface area contributed by atoms with Crippen molar-refractivity contribution in [1.29, 1.82) is 0 Å². The van der Waals surface area contributed by atoms with Crippen molar-refractivity contribution in [2.75, 3.05) is 13.2 Å². The minimum atomic E-state index is -0.759. The van der Waals surface area contributed by atoms with Crippen LogP contribution < -0.4 is 0 Å². The first-order valence-corrected chi connectivity index (χ1v) is 26.5. The van der Waals surface area contributed by atoms with Gasteiger partial charge in [0.15, 0.2) is 6.10 Å². The van der Waals surface area contributed by atoms with E-state index >= 15 is 0 Å². The molecule has 6 nitrogen and oxygen atoms in total. The number of hydrogen-bond acceptors (Lipinski definition) is 6. The lowest BCUT2D eigenvalue weighted by molar-refractivity contribution is -0.167. The van der Waals surface area contributed by atoms with Crippen LogP contribution >= 0.6 is 0 Å². The summed E-state index contributed by atoms with van der Waals surface area (Å²) in [6.07, 6.45) is 52.3. The van der Waals surface area contributed by atoms with E-state index in [1.807, 2.05) is 0 Å². The fourth-order valence-corrected chi connectivity index (χ4v) is 8.09. The van der Waals surface area contributed by atoms with Crippen molar-refractivity contribution >= 4 is 17.9 Å². The highest BCUT2D eigenvalue weighted by molar-refractivity contribution is 5.71. The molecule has 6 heteroatoms. The first-order chi connectivity index (χ1) is 29.0. The predicted octanol–water partition coefficient (Wildman–Crippen LogP) is 17.2. The number of unbranched alkanes of at least 4 members (excludes halogenated alkanes) is 38. The first kappa shape index (κ1) is 57.4. The number of carbonyl (C=O) groups excluding carboxylic acids is 3. The third-order valence-electron chi connectivity index (χ3n) is 12.1. The van der Waals surface area contributed by atoms with Crippen LogP contribution in [0.2, 0.25) is 0 Å². The van der Waals surface area contributed by atoms with Crippen molar-refractivity contribution < 1.29 is 28.6 Å². The Balaban J connectivity index is 4.21. The molecule has 350 valence electrons. The SMILES string of the molecule is CCCCCCCCCCCCCCCCCCCC(=O)OC[C@H](COC(=O)CCCCCCCCCCCCCCCCC)OC(=O)CCCCCCCCCCC. The molecule has 0 aromatic carbocycles. The van der Waals surface area contributed by atoms with Gasteiger partial charge in [-0.15, -0.1) is 0 Å². The molecule has 0 amide bonds. The van der Waals surface area contributed by atoms with E-state index in [-0.39, 0.29) is 31.1 Å². The highest BCUT2D eigenvalue weighted by Crippen LogP contribution is 2.17. The average molecular weight is 835 g/mol. The second-order valence-electron chi connectivity index (χ2n) is 18.2. The smallest absolute Gasteiger partial charge is 0.306 e. The monoisotopic (exact) mass is 835 g/mol. The second-order valence-corrected chi connectivity index (χ2v) is 18.2. The van der Waals surface area contributed by atoms with Crippen LogP contribution in [0.15, 0.2) is 0 Å². The molecule has 0 aliphatic rings. The third-order valence-corrected chi connectivity index (χ3v) is 12.1. The van der Waals surface area contributed by atoms with Gasteiger partial charge >= 0.3 is 17.9 Å². The normalized spacial score (nSPS) is 11.8. The molecule has 0 saturated heterocycles. The molecule has 0 aliphatic carbocycles. The lowest BCUT2D eigenvalue weighted by atomic mass is 10.0. The summed E-state index contributed by atoms with van der Waals surface area (Å²) in [6.45, 7) is 6.67. The van der Waals surface area contributed by atoms with Gasteiger partial charge in [-0.3, -0.25) is 14.4 Å². The van der Waals surface area contributed by atoms with Gasteiger partial charge in [0.05, 0.1) is 0 Å². The summed E-state index contributed by atoms with van der Waals surface area (Å²) >= 11 is 0. The van der Waals surface area contributed by atoms with Gasteiger partial charge in [-0.1, -0.05) is 265 Å². The molecule has 0 spiro atoms. The number of rotatable bonds is 49. The van der Waals surface area contributed by atoms with E-state index in [1.165, 1.54) is 205 Å². The molecule has 1 atom stereocenters. The maximum atomic E-state index is 12.7. The predicted molar refractivity (Wildman–Crippen MR) is 252 cm³/mol. The van der Waals surface area contributed by atoms with Crippen molar-refractivity contribution in [2.45, 2.75) is 309 Å². The molecule has 0 aliphatic heterocycles. The molecule has 0 bridgehead atoms. The Hall–Kier alpha value is -1.59. The van der Waals surface area contributed by atoms with Crippen molar-refractivity contribution in [2.24, 2.45) is 0 Å². The quantitative estimate of drug-likeness (QED) is 0.0345. The van der Waals surface area contributed by atoms with Gasteiger partial charge in [0.25, 0.3) is 0 Å². The van der Waals surface area contributed by atoms with Crippen molar-refractivity contribution in [3.63, 3.8) is 0 Å². The van der Waals surface area contributed by atoms with Crippen molar-refractivity contribution in [3.05, 3.63) is 0 Å². The molecule has 0 radical (unpaired) electrons. The highest BCUT2D eigenvalue weighted by Gasteiger charge is 2.19. The summed E-state index contributed by atoms with van der Waals surface area (Å²) in [7, 11) is 0. The number of esters is 3. The minimum absolute atomic E-state index is 0.0620. The maximum Gasteiger partial charge on any atom is 0.306 e. The van der Waals surface area contributed by atoms with Crippen LogP contribution in [0.4, 0.5) is 0 Å². The van der Waals surface area contributed by atoms with Crippen molar-refractivity contribution in [3.8, 4) is 0 Å². The molecule has 0 aromatic rings. The second kappa shape index (κ2) is 49.1. The van der Waals surface area contributed by atoms with Gasteiger partial charge in [-0.05, 0) is 19.3 Å². The zero-order valence-corrected chi connectivity index (χ0v) is 40.1. The summed E-state index contributed by atoms with van der Waals surface area (Å²) in [5, 5.41) is 0. The van der Waals surface area contributed by atoms with E-state index < -0.39 is 6.10 Å². The summed E-state index contributed by atoms with van der Waals surface area (Å²) in [4.78, 5) is 37.9. The molecular formula is C53H102O6. The standard InChI is InChI=1S/C53H102O6/c1-4-7-10-13-16-19-21-23-25-26-28-30-32-35-37-40-43-46-52(55)58-49-50(59-53(56)47-44-41-38-33-18-15-12-9-6-3)48-57-51(54)45-42-39-36-34-31-29-27-24-22-20-17-14-11-8-5-2/h50H,4-49H2,1-3H3/t50-/m0/s1. The lowest BCUT2D eigenvalue weighted by Gasteiger charge is -2.18. The number of ether oxygens (including phenoxy) is 3. The summed E-state index contributed by atoms with van der Waals surface area (Å²) < 4.78 is 16.8. The molecule has 0 heterocycles. The van der Waals surface area contributed by atoms with Crippen LogP contribution in [0.3, 0.4) is 0 Å². The number of carbonyl (C=O) groups is 3. The van der Waals surface area contributed by atoms with Gasteiger partial charge in [-0.2, -0.15) is 0 Å². The summed E-state index contributed by atoms with van der Waals surface area (Å²) in [5.74, 6) is -0.842.